The highest BCUT2D eigenvalue weighted by molar-refractivity contribution is 5.95. The second-order valence-electron chi connectivity index (χ2n) is 5.18. The molecule has 0 bridgehead atoms. The van der Waals surface area contributed by atoms with Gasteiger partial charge in [-0.3, -0.25) is 14.9 Å². The van der Waals surface area contributed by atoms with Crippen molar-refractivity contribution in [1.82, 2.24) is 4.90 Å². The van der Waals surface area contributed by atoms with Gasteiger partial charge in [0.25, 0.3) is 5.91 Å². The lowest BCUT2D eigenvalue weighted by Gasteiger charge is -2.31. The number of nitro groups is 1. The molecule has 1 fully saturated rings. The Hall–Kier alpha value is -2.05. The van der Waals surface area contributed by atoms with E-state index in [4.69, 9.17) is 0 Å². The van der Waals surface area contributed by atoms with Crippen LogP contribution in [0.4, 0.5) is 14.5 Å². The predicted molar refractivity (Wildman–Crippen MR) is 71.9 cm³/mol. The number of carbonyl (C=O) groups is 1. The second kappa shape index (κ2) is 6.15. The van der Waals surface area contributed by atoms with E-state index in [1.807, 2.05) is 0 Å². The normalized spacial score (nSPS) is 14.6. The first kappa shape index (κ1) is 15.3. The molecule has 2 rings (SSSR count). The van der Waals surface area contributed by atoms with E-state index in [-0.39, 0.29) is 0 Å². The molecule has 0 spiro atoms. The Morgan fingerprint density at radius 3 is 2.57 bits per heavy atom. The van der Waals surface area contributed by atoms with Gasteiger partial charge in [0, 0.05) is 13.1 Å². The highest BCUT2D eigenvalue weighted by Gasteiger charge is 2.29. The van der Waals surface area contributed by atoms with E-state index >= 15 is 0 Å². The zero-order valence-electron chi connectivity index (χ0n) is 11.6. The number of benzene rings is 1. The first-order valence-corrected chi connectivity index (χ1v) is 6.86. The minimum Gasteiger partial charge on any atom is -0.339 e. The van der Waals surface area contributed by atoms with Crippen LogP contribution in [0.2, 0.25) is 0 Å². The highest BCUT2D eigenvalue weighted by Crippen LogP contribution is 2.28. The van der Waals surface area contributed by atoms with Crippen molar-refractivity contribution in [2.45, 2.75) is 26.2 Å². The van der Waals surface area contributed by atoms with Crippen molar-refractivity contribution in [3.8, 4) is 0 Å². The van der Waals surface area contributed by atoms with Gasteiger partial charge in [0.15, 0.2) is 0 Å². The van der Waals surface area contributed by atoms with Gasteiger partial charge in [0.1, 0.15) is 5.82 Å². The summed E-state index contributed by atoms with van der Waals surface area (Å²) in [6.07, 6.45) is 3.13. The van der Waals surface area contributed by atoms with Crippen LogP contribution in [0.1, 0.15) is 36.5 Å². The minimum atomic E-state index is -1.28. The lowest BCUT2D eigenvalue weighted by atomic mass is 9.85. The van der Waals surface area contributed by atoms with Crippen LogP contribution in [0.15, 0.2) is 12.1 Å². The smallest absolute Gasteiger partial charge is 0.308 e. The molecule has 0 heterocycles. The Kier molecular flexibility index (Phi) is 4.50. The van der Waals surface area contributed by atoms with E-state index in [1.54, 1.807) is 6.92 Å². The van der Waals surface area contributed by atoms with Crippen molar-refractivity contribution in [2.75, 3.05) is 13.1 Å². The maximum absolute atomic E-state index is 14.0. The zero-order valence-corrected chi connectivity index (χ0v) is 11.6. The number of hydrogen-bond acceptors (Lipinski definition) is 3. The maximum Gasteiger partial charge on any atom is 0.308 e. The average molecular weight is 298 g/mol. The molecule has 1 saturated carbocycles. The van der Waals surface area contributed by atoms with Gasteiger partial charge in [0.05, 0.1) is 16.6 Å². The van der Waals surface area contributed by atoms with E-state index in [1.165, 1.54) is 4.90 Å². The molecule has 5 nitrogen and oxygen atoms in total. The molecule has 0 saturated heterocycles. The molecule has 1 aromatic carbocycles. The number of hydrogen-bond donors (Lipinski definition) is 0. The standard InChI is InChI=1S/C14H16F2N2O3/c1-2-17(8-9-4-3-5-9)14(19)11-6-10(15)7-12(13(11)16)18(20)21/h6-7,9H,2-5,8H2,1H3. The van der Waals surface area contributed by atoms with Gasteiger partial charge >= 0.3 is 5.69 Å². The summed E-state index contributed by atoms with van der Waals surface area (Å²) in [6, 6.07) is 1.20. The number of carbonyl (C=O) groups excluding carboxylic acids is 1. The fourth-order valence-corrected chi connectivity index (χ4v) is 2.38. The van der Waals surface area contributed by atoms with Gasteiger partial charge in [-0.25, -0.2) is 4.39 Å². The summed E-state index contributed by atoms with van der Waals surface area (Å²) >= 11 is 0. The summed E-state index contributed by atoms with van der Waals surface area (Å²) in [5.74, 6) is -2.60. The Bertz CT molecular complexity index is 574. The molecule has 1 aliphatic rings. The number of nitrogens with zero attached hydrogens (tertiary/aromatic N) is 2. The van der Waals surface area contributed by atoms with Crippen LogP contribution in [0.5, 0.6) is 0 Å². The van der Waals surface area contributed by atoms with Crippen LogP contribution in [-0.2, 0) is 0 Å². The highest BCUT2D eigenvalue weighted by atomic mass is 19.1. The summed E-state index contributed by atoms with van der Waals surface area (Å²) < 4.78 is 27.4. The second-order valence-corrected chi connectivity index (χ2v) is 5.18. The van der Waals surface area contributed by atoms with Crippen LogP contribution in [-0.4, -0.2) is 28.8 Å². The van der Waals surface area contributed by atoms with Crippen molar-refractivity contribution in [2.24, 2.45) is 5.92 Å². The lowest BCUT2D eigenvalue weighted by Crippen LogP contribution is -2.37. The summed E-state index contributed by atoms with van der Waals surface area (Å²) in [5.41, 5.74) is -1.60. The SMILES string of the molecule is CCN(CC1CCC1)C(=O)c1cc(F)cc([N+](=O)[O-])c1F. The van der Waals surface area contributed by atoms with Crippen molar-refractivity contribution >= 4 is 11.6 Å². The molecule has 7 heteroatoms. The van der Waals surface area contributed by atoms with Crippen LogP contribution >= 0.6 is 0 Å². The molecule has 1 aromatic rings. The molecular weight excluding hydrogens is 282 g/mol. The molecule has 21 heavy (non-hydrogen) atoms. The molecule has 0 N–H and O–H groups in total. The Morgan fingerprint density at radius 2 is 2.10 bits per heavy atom. The van der Waals surface area contributed by atoms with E-state index in [2.05, 4.69) is 0 Å². The topological polar surface area (TPSA) is 63.5 Å². The van der Waals surface area contributed by atoms with E-state index < -0.39 is 33.7 Å². The third-order valence-electron chi connectivity index (χ3n) is 3.82. The summed E-state index contributed by atoms with van der Waals surface area (Å²) in [5, 5.41) is 10.7. The molecule has 0 radical (unpaired) electrons. The van der Waals surface area contributed by atoms with Crippen LogP contribution in [0, 0.1) is 27.7 Å². The number of rotatable bonds is 5. The fraction of sp³-hybridized carbons (Fsp3) is 0.500. The Balaban J connectivity index is 2.30. The van der Waals surface area contributed by atoms with Crippen molar-refractivity contribution in [3.05, 3.63) is 39.4 Å². The largest absolute Gasteiger partial charge is 0.339 e. The van der Waals surface area contributed by atoms with Crippen LogP contribution in [0.3, 0.4) is 0 Å². The number of nitro benzene ring substituents is 1. The van der Waals surface area contributed by atoms with Crippen molar-refractivity contribution in [1.29, 1.82) is 0 Å². The first-order valence-electron chi connectivity index (χ1n) is 6.86. The van der Waals surface area contributed by atoms with Crippen molar-refractivity contribution < 1.29 is 18.5 Å². The number of halogens is 2. The molecule has 0 aromatic heterocycles. The fourth-order valence-electron chi connectivity index (χ4n) is 2.38. The van der Waals surface area contributed by atoms with E-state index in [0.717, 1.165) is 19.3 Å². The predicted octanol–water partition coefficient (Wildman–Crippen LogP) is 3.14. The molecule has 0 atom stereocenters. The van der Waals surface area contributed by atoms with E-state index in [9.17, 15) is 23.7 Å². The Labute approximate surface area is 120 Å². The van der Waals surface area contributed by atoms with Gasteiger partial charge in [0.2, 0.25) is 5.82 Å². The number of amides is 1. The third-order valence-corrected chi connectivity index (χ3v) is 3.82. The van der Waals surface area contributed by atoms with Gasteiger partial charge in [-0.15, -0.1) is 0 Å². The van der Waals surface area contributed by atoms with E-state index in [0.29, 0.717) is 31.1 Å². The molecule has 1 aliphatic carbocycles. The molecule has 0 unspecified atom stereocenters. The Morgan fingerprint density at radius 1 is 1.43 bits per heavy atom. The summed E-state index contributed by atoms with van der Waals surface area (Å²) in [7, 11) is 0. The molecule has 1 amide bonds. The molecule has 0 aliphatic heterocycles. The monoisotopic (exact) mass is 298 g/mol. The average Bonchev–Trinajstić information content (AvgIpc) is 2.39. The van der Waals surface area contributed by atoms with Crippen LogP contribution in [0.25, 0.3) is 0 Å². The van der Waals surface area contributed by atoms with Crippen LogP contribution < -0.4 is 0 Å². The maximum atomic E-state index is 14.0. The van der Waals surface area contributed by atoms with Gasteiger partial charge in [-0.2, -0.15) is 4.39 Å². The summed E-state index contributed by atoms with van der Waals surface area (Å²) in [6.45, 7) is 2.56. The van der Waals surface area contributed by atoms with Gasteiger partial charge in [-0.1, -0.05) is 6.42 Å². The summed E-state index contributed by atoms with van der Waals surface area (Å²) in [4.78, 5) is 23.4. The third kappa shape index (κ3) is 3.17. The zero-order chi connectivity index (χ0) is 15.6. The van der Waals surface area contributed by atoms with Crippen molar-refractivity contribution in [3.63, 3.8) is 0 Å². The molecule has 114 valence electrons. The van der Waals surface area contributed by atoms with Gasteiger partial charge < -0.3 is 4.90 Å². The molecular formula is C14H16F2N2O3. The quantitative estimate of drug-likeness (QED) is 0.619. The minimum absolute atomic E-state index is 0.346. The van der Waals surface area contributed by atoms with Gasteiger partial charge in [-0.05, 0) is 31.7 Å². The first-order chi connectivity index (χ1) is 9.93. The lowest BCUT2D eigenvalue weighted by molar-refractivity contribution is -0.387.